The van der Waals surface area contributed by atoms with E-state index >= 15 is 0 Å². The van der Waals surface area contributed by atoms with Crippen molar-refractivity contribution in [3.05, 3.63) is 40.4 Å². The van der Waals surface area contributed by atoms with Crippen molar-refractivity contribution in [2.45, 2.75) is 29.8 Å². The van der Waals surface area contributed by atoms with Gasteiger partial charge in [0.2, 0.25) is 0 Å². The SMILES string of the molecule is C[As]CCc1c[nH]c(=S)n1C1COc2ccc(O)cc2C1.Cl. The van der Waals surface area contributed by atoms with Crippen molar-refractivity contribution in [3.63, 3.8) is 0 Å². The summed E-state index contributed by atoms with van der Waals surface area (Å²) in [6.07, 6.45) is 3.92. The molecule has 0 spiro atoms. The summed E-state index contributed by atoms with van der Waals surface area (Å²) in [5.74, 6) is 1.15. The first-order valence-electron chi connectivity index (χ1n) is 6.98. The molecule has 2 aromatic rings. The largest absolute Gasteiger partial charge is 0.147 e. The second-order valence-electron chi connectivity index (χ2n) is 5.21. The molecular weight excluding hydrogens is 383 g/mol. The van der Waals surface area contributed by atoms with E-state index in [4.69, 9.17) is 17.0 Å². The number of aromatic amines is 1. The van der Waals surface area contributed by atoms with Crippen LogP contribution in [0, 0.1) is 4.77 Å². The molecule has 0 saturated heterocycles. The number of H-pyrrole nitrogens is 1. The number of benzene rings is 1. The Kier molecular flexibility index (Phi) is 6.01. The van der Waals surface area contributed by atoms with Crippen molar-refractivity contribution in [3.8, 4) is 11.5 Å². The van der Waals surface area contributed by atoms with Crippen LogP contribution >= 0.6 is 24.6 Å². The van der Waals surface area contributed by atoms with Gasteiger partial charge in [-0.2, -0.15) is 0 Å². The number of nitrogens with one attached hydrogen (secondary N) is 1. The van der Waals surface area contributed by atoms with Gasteiger partial charge in [0.25, 0.3) is 0 Å². The van der Waals surface area contributed by atoms with Gasteiger partial charge in [-0.1, -0.05) is 0 Å². The van der Waals surface area contributed by atoms with E-state index in [1.165, 1.54) is 10.9 Å². The summed E-state index contributed by atoms with van der Waals surface area (Å²) in [7, 11) is 0. The van der Waals surface area contributed by atoms with Crippen molar-refractivity contribution in [2.75, 3.05) is 6.61 Å². The Morgan fingerprint density at radius 1 is 1.50 bits per heavy atom. The van der Waals surface area contributed by atoms with Gasteiger partial charge in [0.1, 0.15) is 0 Å². The first-order valence-corrected chi connectivity index (χ1v) is 10.6. The monoisotopic (exact) mass is 401 g/mol. The van der Waals surface area contributed by atoms with E-state index in [-0.39, 0.29) is 24.2 Å². The van der Waals surface area contributed by atoms with E-state index in [1.54, 1.807) is 12.1 Å². The fraction of sp³-hybridized carbons (Fsp3) is 0.400. The van der Waals surface area contributed by atoms with Gasteiger partial charge in [-0.05, 0) is 0 Å². The zero-order valence-corrected chi connectivity index (χ0v) is 15.8. The zero-order chi connectivity index (χ0) is 14.8. The Bertz CT molecular complexity index is 701. The van der Waals surface area contributed by atoms with Crippen LogP contribution in [0.4, 0.5) is 0 Å². The quantitative estimate of drug-likeness (QED) is 0.608. The molecule has 1 radical (unpaired) electrons. The third-order valence-electron chi connectivity index (χ3n) is 3.78. The van der Waals surface area contributed by atoms with E-state index in [2.05, 4.69) is 15.3 Å². The van der Waals surface area contributed by atoms with Crippen LogP contribution in [-0.2, 0) is 12.8 Å². The Morgan fingerprint density at radius 3 is 3.09 bits per heavy atom. The number of hydrogen-bond acceptors (Lipinski definition) is 3. The molecule has 0 saturated carbocycles. The average molecular weight is 402 g/mol. The van der Waals surface area contributed by atoms with Crippen LogP contribution in [0.1, 0.15) is 17.3 Å². The molecule has 0 aliphatic carbocycles. The molecule has 3 rings (SSSR count). The van der Waals surface area contributed by atoms with Crippen molar-refractivity contribution in [1.29, 1.82) is 0 Å². The average Bonchev–Trinajstić information content (AvgIpc) is 2.85. The second-order valence-corrected chi connectivity index (χ2v) is 7.86. The fourth-order valence-electron chi connectivity index (χ4n) is 2.76. The summed E-state index contributed by atoms with van der Waals surface area (Å²) < 4.78 is 8.80. The molecular formula is C15H19AsClN2O2S. The topological polar surface area (TPSA) is 50.2 Å². The van der Waals surface area contributed by atoms with Gasteiger partial charge < -0.3 is 0 Å². The van der Waals surface area contributed by atoms with E-state index in [0.717, 1.165) is 28.9 Å². The molecule has 0 bridgehead atoms. The second kappa shape index (κ2) is 7.58. The van der Waals surface area contributed by atoms with Crippen LogP contribution in [0.3, 0.4) is 0 Å². The summed E-state index contributed by atoms with van der Waals surface area (Å²) in [5, 5.41) is 10.9. The molecule has 1 aliphatic heterocycles. The van der Waals surface area contributed by atoms with Crippen molar-refractivity contribution >= 4 is 40.4 Å². The number of halogens is 1. The van der Waals surface area contributed by atoms with Crippen LogP contribution in [0.15, 0.2) is 24.4 Å². The van der Waals surface area contributed by atoms with Crippen molar-refractivity contribution < 1.29 is 9.84 Å². The summed E-state index contributed by atoms with van der Waals surface area (Å²) in [5.41, 5.74) is 4.58. The first kappa shape index (κ1) is 17.5. The zero-order valence-electron chi connectivity index (χ0n) is 12.3. The fourth-order valence-corrected chi connectivity index (χ4v) is 4.04. The van der Waals surface area contributed by atoms with Gasteiger partial charge in [0, 0.05) is 0 Å². The number of aryl methyl sites for hydroxylation is 1. The van der Waals surface area contributed by atoms with Gasteiger partial charge in [0.05, 0.1) is 0 Å². The smallest absolute Gasteiger partial charge is 0.147 e. The number of phenols is 1. The maximum absolute atomic E-state index is 9.64. The maximum Gasteiger partial charge on any atom is -0.147 e. The number of hydrogen-bond donors (Lipinski definition) is 2. The Balaban J connectivity index is 0.00000176. The van der Waals surface area contributed by atoms with Crippen LogP contribution < -0.4 is 4.74 Å². The summed E-state index contributed by atoms with van der Waals surface area (Å²) in [4.78, 5) is 3.16. The molecule has 1 aromatic heterocycles. The molecule has 4 nitrogen and oxygen atoms in total. The van der Waals surface area contributed by atoms with Gasteiger partial charge in [-0.25, -0.2) is 0 Å². The summed E-state index contributed by atoms with van der Waals surface area (Å²) in [6, 6.07) is 5.48. The van der Waals surface area contributed by atoms with Crippen molar-refractivity contribution in [2.24, 2.45) is 0 Å². The van der Waals surface area contributed by atoms with Crippen LogP contribution in [0.2, 0.25) is 10.9 Å². The van der Waals surface area contributed by atoms with Gasteiger partial charge in [0.15, 0.2) is 0 Å². The number of nitrogens with zero attached hydrogens (tertiary/aromatic N) is 1. The van der Waals surface area contributed by atoms with Gasteiger partial charge in [-0.3, -0.25) is 0 Å². The van der Waals surface area contributed by atoms with Gasteiger partial charge in [-0.15, -0.1) is 12.4 Å². The molecule has 2 heterocycles. The predicted octanol–water partition coefficient (Wildman–Crippen LogP) is 3.56. The third kappa shape index (κ3) is 3.53. The number of phenolic OH excluding ortho intramolecular Hbond substituents is 1. The minimum absolute atomic E-state index is 0. The summed E-state index contributed by atoms with van der Waals surface area (Å²) >= 11 is 5.85. The van der Waals surface area contributed by atoms with E-state index in [9.17, 15) is 5.11 Å². The number of aromatic nitrogens is 2. The molecule has 7 heteroatoms. The number of aromatic hydroxyl groups is 1. The normalized spacial score (nSPS) is 17.0. The minimum atomic E-state index is 0. The van der Waals surface area contributed by atoms with Crippen molar-refractivity contribution in [1.82, 2.24) is 9.55 Å². The predicted molar refractivity (Wildman–Crippen MR) is 93.3 cm³/mol. The molecule has 1 atom stereocenters. The van der Waals surface area contributed by atoms with E-state index < -0.39 is 0 Å². The number of ether oxygens (including phenoxy) is 1. The van der Waals surface area contributed by atoms with E-state index in [0.29, 0.717) is 22.4 Å². The molecule has 119 valence electrons. The first-order chi connectivity index (χ1) is 10.2. The van der Waals surface area contributed by atoms with Crippen LogP contribution in [0.25, 0.3) is 0 Å². The molecule has 2 N–H and O–H groups in total. The van der Waals surface area contributed by atoms with Crippen LogP contribution in [0.5, 0.6) is 11.5 Å². The van der Waals surface area contributed by atoms with Crippen LogP contribution in [-0.4, -0.2) is 37.0 Å². The molecule has 1 aliphatic rings. The minimum Gasteiger partial charge on any atom is -0.147 e. The standard InChI is InChI=1S/C15H18AsN2O2S.ClH/c1-16-5-4-11-8-17-15(21)18(11)12-6-10-7-13(19)2-3-14(10)20-9-12;/h2-3,7-8,12,19H,4-6,9H2,1H3,(H,17,21);1H. The number of rotatable bonds is 4. The molecule has 1 aromatic carbocycles. The molecule has 1 unspecified atom stereocenters. The molecule has 0 amide bonds. The molecule has 22 heavy (non-hydrogen) atoms. The number of fused-ring (bicyclic) bond motifs is 1. The Labute approximate surface area is 148 Å². The summed E-state index contributed by atoms with van der Waals surface area (Å²) in [6.45, 7) is 0.622. The third-order valence-corrected chi connectivity index (χ3v) is 5.50. The Morgan fingerprint density at radius 2 is 2.32 bits per heavy atom. The Hall–Kier alpha value is -0.902. The maximum atomic E-state index is 9.64. The van der Waals surface area contributed by atoms with Gasteiger partial charge >= 0.3 is 136 Å². The van der Waals surface area contributed by atoms with E-state index in [1.807, 2.05) is 12.3 Å². The number of imidazole rings is 1. The molecule has 0 fully saturated rings.